The number of hydrogen-bond acceptors (Lipinski definition) is 4. The van der Waals surface area contributed by atoms with Crippen LogP contribution in [0, 0.1) is 0 Å². The Labute approximate surface area is 122 Å². The van der Waals surface area contributed by atoms with E-state index in [0.29, 0.717) is 23.8 Å². The van der Waals surface area contributed by atoms with Gasteiger partial charge in [-0.15, -0.1) is 0 Å². The number of hydrogen-bond donors (Lipinski definition) is 2. The van der Waals surface area contributed by atoms with E-state index in [1.54, 1.807) is 4.40 Å². The molecule has 1 aromatic carbocycles. The molecule has 108 valence electrons. The number of aliphatic hydroxyl groups is 1. The molecular formula is C16H17N3O2. The van der Waals surface area contributed by atoms with Crippen molar-refractivity contribution in [2.45, 2.75) is 13.5 Å². The zero-order valence-electron chi connectivity index (χ0n) is 11.8. The number of aliphatic hydroxyl groups excluding tert-OH is 1. The Balaban J connectivity index is 2.09. The normalized spacial score (nSPS) is 11.0. The van der Waals surface area contributed by atoms with Crippen molar-refractivity contribution < 1.29 is 9.84 Å². The second-order valence-corrected chi connectivity index (χ2v) is 4.69. The molecule has 0 atom stereocenters. The van der Waals surface area contributed by atoms with Gasteiger partial charge in [-0.3, -0.25) is 4.40 Å². The fraction of sp³-hybridized carbons (Fsp3) is 0.188. The Morgan fingerprint density at radius 2 is 2.00 bits per heavy atom. The molecule has 0 fully saturated rings. The minimum Gasteiger partial charge on any atom is -0.494 e. The molecule has 0 aliphatic carbocycles. The minimum absolute atomic E-state index is 0.0660. The van der Waals surface area contributed by atoms with Gasteiger partial charge in [0.1, 0.15) is 22.9 Å². The standard InChI is InChI=1S/C16H17N3O2/c1-2-21-13-7-5-11(6-8-13)14-15(17)19-9-3-4-12(10-20)16(19)18-14/h3-9,20H,2,10,17H2,1H3. The number of nitrogen functional groups attached to an aromatic ring is 1. The Kier molecular flexibility index (Phi) is 3.50. The Morgan fingerprint density at radius 1 is 1.24 bits per heavy atom. The second kappa shape index (κ2) is 5.46. The van der Waals surface area contributed by atoms with E-state index in [9.17, 15) is 5.11 Å². The van der Waals surface area contributed by atoms with E-state index in [0.717, 1.165) is 16.9 Å². The lowest BCUT2D eigenvalue weighted by molar-refractivity contribution is 0.282. The summed E-state index contributed by atoms with van der Waals surface area (Å²) in [5.74, 6) is 1.38. The van der Waals surface area contributed by atoms with Crippen LogP contribution in [0.3, 0.4) is 0 Å². The fourth-order valence-corrected chi connectivity index (χ4v) is 2.35. The molecule has 2 aromatic heterocycles. The van der Waals surface area contributed by atoms with E-state index in [-0.39, 0.29) is 6.61 Å². The number of nitrogens with zero attached hydrogens (tertiary/aromatic N) is 2. The highest BCUT2D eigenvalue weighted by Gasteiger charge is 2.13. The van der Waals surface area contributed by atoms with Gasteiger partial charge in [-0.05, 0) is 37.3 Å². The first kappa shape index (κ1) is 13.5. The van der Waals surface area contributed by atoms with Crippen molar-refractivity contribution >= 4 is 11.5 Å². The first-order valence-electron chi connectivity index (χ1n) is 6.84. The molecule has 0 amide bonds. The van der Waals surface area contributed by atoms with E-state index in [2.05, 4.69) is 4.98 Å². The number of benzene rings is 1. The van der Waals surface area contributed by atoms with Gasteiger partial charge in [0, 0.05) is 17.3 Å². The first-order valence-corrected chi connectivity index (χ1v) is 6.84. The summed E-state index contributed by atoms with van der Waals surface area (Å²) in [6, 6.07) is 11.3. The molecule has 0 saturated carbocycles. The van der Waals surface area contributed by atoms with E-state index >= 15 is 0 Å². The quantitative estimate of drug-likeness (QED) is 0.771. The average Bonchev–Trinajstić information content (AvgIpc) is 2.86. The monoisotopic (exact) mass is 283 g/mol. The molecule has 5 heteroatoms. The van der Waals surface area contributed by atoms with Gasteiger partial charge < -0.3 is 15.6 Å². The van der Waals surface area contributed by atoms with Crippen molar-refractivity contribution in [3.8, 4) is 17.0 Å². The van der Waals surface area contributed by atoms with Crippen LogP contribution in [0.2, 0.25) is 0 Å². The van der Waals surface area contributed by atoms with Gasteiger partial charge in [-0.2, -0.15) is 0 Å². The molecule has 0 radical (unpaired) electrons. The van der Waals surface area contributed by atoms with Gasteiger partial charge in [-0.1, -0.05) is 6.07 Å². The van der Waals surface area contributed by atoms with Crippen LogP contribution in [0.4, 0.5) is 5.82 Å². The molecule has 0 aliphatic rings. The van der Waals surface area contributed by atoms with E-state index in [1.165, 1.54) is 0 Å². The third-order valence-corrected chi connectivity index (χ3v) is 3.38. The lowest BCUT2D eigenvalue weighted by Crippen LogP contribution is -1.96. The van der Waals surface area contributed by atoms with E-state index in [4.69, 9.17) is 10.5 Å². The summed E-state index contributed by atoms with van der Waals surface area (Å²) in [5.41, 5.74) is 9.24. The number of aromatic nitrogens is 2. The van der Waals surface area contributed by atoms with Gasteiger partial charge >= 0.3 is 0 Å². The van der Waals surface area contributed by atoms with Crippen LogP contribution in [0.15, 0.2) is 42.6 Å². The SMILES string of the molecule is CCOc1ccc(-c2nc3c(CO)cccn3c2N)cc1. The zero-order valence-corrected chi connectivity index (χ0v) is 11.8. The molecule has 0 unspecified atom stereocenters. The highest BCUT2D eigenvalue weighted by molar-refractivity contribution is 5.76. The summed E-state index contributed by atoms with van der Waals surface area (Å²) in [6.45, 7) is 2.52. The van der Waals surface area contributed by atoms with Gasteiger partial charge in [-0.25, -0.2) is 4.98 Å². The molecule has 21 heavy (non-hydrogen) atoms. The molecule has 0 spiro atoms. The average molecular weight is 283 g/mol. The predicted molar refractivity (Wildman–Crippen MR) is 82.1 cm³/mol. The fourth-order valence-electron chi connectivity index (χ4n) is 2.35. The van der Waals surface area contributed by atoms with Crippen molar-refractivity contribution in [2.75, 3.05) is 12.3 Å². The van der Waals surface area contributed by atoms with Crippen LogP contribution in [-0.4, -0.2) is 21.1 Å². The maximum atomic E-state index is 9.39. The smallest absolute Gasteiger partial charge is 0.144 e. The summed E-state index contributed by atoms with van der Waals surface area (Å²) >= 11 is 0. The largest absolute Gasteiger partial charge is 0.494 e. The number of imidazole rings is 1. The van der Waals surface area contributed by atoms with Gasteiger partial charge in [0.25, 0.3) is 0 Å². The topological polar surface area (TPSA) is 72.8 Å². The maximum Gasteiger partial charge on any atom is 0.144 e. The Bertz CT molecular complexity index is 763. The lowest BCUT2D eigenvalue weighted by atomic mass is 10.1. The molecule has 3 aromatic rings. The van der Waals surface area contributed by atoms with Crippen LogP contribution in [0.25, 0.3) is 16.9 Å². The third-order valence-electron chi connectivity index (χ3n) is 3.38. The van der Waals surface area contributed by atoms with Crippen molar-refractivity contribution in [2.24, 2.45) is 0 Å². The molecule has 5 nitrogen and oxygen atoms in total. The number of pyridine rings is 1. The Morgan fingerprint density at radius 3 is 2.67 bits per heavy atom. The highest BCUT2D eigenvalue weighted by atomic mass is 16.5. The summed E-state index contributed by atoms with van der Waals surface area (Å²) in [4.78, 5) is 4.57. The van der Waals surface area contributed by atoms with Crippen LogP contribution >= 0.6 is 0 Å². The highest BCUT2D eigenvalue weighted by Crippen LogP contribution is 2.29. The van der Waals surface area contributed by atoms with E-state index in [1.807, 2.05) is 49.5 Å². The summed E-state index contributed by atoms with van der Waals surface area (Å²) in [7, 11) is 0. The summed E-state index contributed by atoms with van der Waals surface area (Å²) < 4.78 is 7.22. The lowest BCUT2D eigenvalue weighted by Gasteiger charge is -2.04. The van der Waals surface area contributed by atoms with E-state index < -0.39 is 0 Å². The number of anilines is 1. The summed E-state index contributed by atoms with van der Waals surface area (Å²) in [5, 5.41) is 9.39. The molecule has 3 N–H and O–H groups in total. The molecule has 3 rings (SSSR count). The first-order chi connectivity index (χ1) is 10.2. The van der Waals surface area contributed by atoms with Crippen molar-refractivity contribution in [1.82, 2.24) is 9.38 Å². The Hall–Kier alpha value is -2.53. The minimum atomic E-state index is -0.0660. The van der Waals surface area contributed by atoms with Crippen molar-refractivity contribution in [1.29, 1.82) is 0 Å². The molecule has 0 aliphatic heterocycles. The number of ether oxygens (including phenoxy) is 1. The third kappa shape index (κ3) is 2.32. The van der Waals surface area contributed by atoms with Gasteiger partial charge in [0.15, 0.2) is 0 Å². The number of rotatable bonds is 4. The molecule has 0 bridgehead atoms. The molecule has 0 saturated heterocycles. The van der Waals surface area contributed by atoms with Crippen LogP contribution in [0.1, 0.15) is 12.5 Å². The van der Waals surface area contributed by atoms with Crippen LogP contribution < -0.4 is 10.5 Å². The van der Waals surface area contributed by atoms with Crippen LogP contribution in [-0.2, 0) is 6.61 Å². The van der Waals surface area contributed by atoms with Gasteiger partial charge in [0.2, 0.25) is 0 Å². The number of fused-ring (bicyclic) bond motifs is 1. The zero-order chi connectivity index (χ0) is 14.8. The van der Waals surface area contributed by atoms with Gasteiger partial charge in [0.05, 0.1) is 13.2 Å². The molecular weight excluding hydrogens is 266 g/mol. The van der Waals surface area contributed by atoms with Crippen molar-refractivity contribution in [3.63, 3.8) is 0 Å². The van der Waals surface area contributed by atoms with Crippen LogP contribution in [0.5, 0.6) is 5.75 Å². The summed E-state index contributed by atoms with van der Waals surface area (Å²) in [6.07, 6.45) is 1.84. The maximum absolute atomic E-state index is 9.39. The molecule has 2 heterocycles. The number of nitrogens with two attached hydrogens (primary N) is 1. The van der Waals surface area contributed by atoms with Crippen molar-refractivity contribution in [3.05, 3.63) is 48.2 Å². The predicted octanol–water partition coefficient (Wildman–Crippen LogP) is 2.47. The second-order valence-electron chi connectivity index (χ2n) is 4.69.